The lowest BCUT2D eigenvalue weighted by Crippen LogP contribution is -2.13. The molecular weight excluding hydrogens is 200 g/mol. The highest BCUT2D eigenvalue weighted by atomic mass is 16.6. The predicted octanol–water partition coefficient (Wildman–Crippen LogP) is 0.413. The number of rotatable bonds is 1. The largest absolute Gasteiger partial charge is 0.379 e. The molecule has 0 aliphatic carbocycles. The molecule has 2 aromatic rings. The first-order valence-corrected chi connectivity index (χ1v) is 4.02. The number of nitro groups is 1. The summed E-state index contributed by atoms with van der Waals surface area (Å²) in [5.74, 6) is -0.156. The molecular formula is C8H6N4O3. The third kappa shape index (κ3) is 1.50. The van der Waals surface area contributed by atoms with Crippen molar-refractivity contribution in [3.8, 4) is 0 Å². The quantitative estimate of drug-likeness (QED) is 0.518. The van der Waals surface area contributed by atoms with Crippen molar-refractivity contribution in [2.75, 3.05) is 5.73 Å². The first-order valence-electron chi connectivity index (χ1n) is 4.02. The molecule has 0 spiro atoms. The van der Waals surface area contributed by atoms with Crippen LogP contribution in [0.4, 0.5) is 11.5 Å². The Morgan fingerprint density at radius 1 is 1.47 bits per heavy atom. The molecule has 0 aliphatic rings. The molecule has 0 atom stereocenters. The van der Waals surface area contributed by atoms with Gasteiger partial charge in [0.1, 0.15) is 0 Å². The van der Waals surface area contributed by atoms with Gasteiger partial charge in [0.25, 0.3) is 11.2 Å². The van der Waals surface area contributed by atoms with Crippen molar-refractivity contribution in [2.45, 2.75) is 0 Å². The number of hydrogen-bond acceptors (Lipinski definition) is 5. The first-order chi connectivity index (χ1) is 7.08. The van der Waals surface area contributed by atoms with Crippen LogP contribution in [-0.4, -0.2) is 14.9 Å². The molecule has 3 N–H and O–H groups in total. The summed E-state index contributed by atoms with van der Waals surface area (Å²) in [6.07, 6.45) is 0. The van der Waals surface area contributed by atoms with Crippen LogP contribution >= 0.6 is 0 Å². The maximum absolute atomic E-state index is 11.1. The van der Waals surface area contributed by atoms with Crippen molar-refractivity contribution in [1.29, 1.82) is 0 Å². The molecule has 1 aromatic heterocycles. The van der Waals surface area contributed by atoms with Gasteiger partial charge in [0.05, 0.1) is 16.0 Å². The zero-order valence-electron chi connectivity index (χ0n) is 7.43. The maximum atomic E-state index is 11.1. The van der Waals surface area contributed by atoms with E-state index in [-0.39, 0.29) is 11.5 Å². The Hall–Kier alpha value is -2.44. The highest BCUT2D eigenvalue weighted by molar-refractivity contribution is 5.77. The van der Waals surface area contributed by atoms with E-state index in [9.17, 15) is 14.9 Å². The molecule has 0 bridgehead atoms. The second-order valence-corrected chi connectivity index (χ2v) is 2.91. The minimum atomic E-state index is -0.553. The summed E-state index contributed by atoms with van der Waals surface area (Å²) >= 11 is 0. The molecule has 7 nitrogen and oxygen atoms in total. The fraction of sp³-hybridized carbons (Fsp3) is 0. The lowest BCUT2D eigenvalue weighted by Gasteiger charge is -1.97. The van der Waals surface area contributed by atoms with Crippen LogP contribution in [0.5, 0.6) is 0 Å². The summed E-state index contributed by atoms with van der Waals surface area (Å²) in [7, 11) is 0. The summed E-state index contributed by atoms with van der Waals surface area (Å²) in [5, 5.41) is 10.5. The van der Waals surface area contributed by atoms with E-state index < -0.39 is 10.5 Å². The van der Waals surface area contributed by atoms with Crippen LogP contribution in [0.1, 0.15) is 0 Å². The van der Waals surface area contributed by atoms with Gasteiger partial charge >= 0.3 is 0 Å². The van der Waals surface area contributed by atoms with E-state index in [1.54, 1.807) is 0 Å². The number of H-pyrrole nitrogens is 1. The fourth-order valence-electron chi connectivity index (χ4n) is 1.20. The van der Waals surface area contributed by atoms with Gasteiger partial charge in [0.15, 0.2) is 5.82 Å². The average molecular weight is 206 g/mol. The smallest absolute Gasteiger partial charge is 0.290 e. The van der Waals surface area contributed by atoms with E-state index >= 15 is 0 Å². The molecule has 15 heavy (non-hydrogen) atoms. The maximum Gasteiger partial charge on any atom is 0.290 e. The van der Waals surface area contributed by atoms with Gasteiger partial charge < -0.3 is 10.7 Å². The van der Waals surface area contributed by atoms with Gasteiger partial charge in [-0.05, 0) is 6.07 Å². The number of anilines is 1. The lowest BCUT2D eigenvalue weighted by atomic mass is 10.2. The standard InChI is InChI=1S/C8H6N4O3/c9-7-8(13)11-6-3-4(12(14)15)1-2-5(6)10-7/h1-3H,(H2,9,10)(H,11,13). The van der Waals surface area contributed by atoms with Gasteiger partial charge in [-0.1, -0.05) is 0 Å². The summed E-state index contributed by atoms with van der Waals surface area (Å²) in [5.41, 5.74) is 5.34. The van der Waals surface area contributed by atoms with E-state index in [0.717, 1.165) is 0 Å². The minimum Gasteiger partial charge on any atom is -0.379 e. The molecule has 76 valence electrons. The number of nitrogen functional groups attached to an aromatic ring is 1. The van der Waals surface area contributed by atoms with E-state index in [4.69, 9.17) is 5.73 Å². The Morgan fingerprint density at radius 2 is 2.20 bits per heavy atom. The Labute approximate surface area is 82.7 Å². The van der Waals surface area contributed by atoms with Crippen LogP contribution in [0.2, 0.25) is 0 Å². The molecule has 2 rings (SSSR count). The number of fused-ring (bicyclic) bond motifs is 1. The van der Waals surface area contributed by atoms with Crippen molar-refractivity contribution in [2.24, 2.45) is 0 Å². The van der Waals surface area contributed by atoms with Crippen LogP contribution in [0.3, 0.4) is 0 Å². The molecule has 1 aromatic carbocycles. The van der Waals surface area contributed by atoms with Gasteiger partial charge in [0, 0.05) is 12.1 Å². The number of aromatic amines is 1. The molecule has 1 heterocycles. The average Bonchev–Trinajstić information content (AvgIpc) is 2.19. The molecule has 0 unspecified atom stereocenters. The summed E-state index contributed by atoms with van der Waals surface area (Å²) in [6.45, 7) is 0. The number of non-ortho nitro benzene ring substituents is 1. The van der Waals surface area contributed by atoms with E-state index in [1.165, 1.54) is 18.2 Å². The Balaban J connectivity index is 2.77. The Morgan fingerprint density at radius 3 is 2.87 bits per heavy atom. The highest BCUT2D eigenvalue weighted by Crippen LogP contribution is 2.16. The van der Waals surface area contributed by atoms with Gasteiger partial charge in [0.2, 0.25) is 0 Å². The van der Waals surface area contributed by atoms with Crippen LogP contribution in [0, 0.1) is 10.1 Å². The molecule has 0 saturated carbocycles. The number of nitrogens with zero attached hydrogens (tertiary/aromatic N) is 2. The van der Waals surface area contributed by atoms with Crippen LogP contribution < -0.4 is 11.3 Å². The number of aromatic nitrogens is 2. The lowest BCUT2D eigenvalue weighted by molar-refractivity contribution is -0.384. The van der Waals surface area contributed by atoms with E-state index in [1.807, 2.05) is 0 Å². The van der Waals surface area contributed by atoms with Crippen LogP contribution in [0.25, 0.3) is 11.0 Å². The minimum absolute atomic E-state index is 0.107. The third-order valence-electron chi connectivity index (χ3n) is 1.91. The second kappa shape index (κ2) is 3.05. The Kier molecular flexibility index (Phi) is 1.86. The van der Waals surface area contributed by atoms with Gasteiger partial charge in [-0.3, -0.25) is 14.9 Å². The molecule has 0 aliphatic heterocycles. The first kappa shape index (κ1) is 9.13. The fourth-order valence-corrected chi connectivity index (χ4v) is 1.20. The van der Waals surface area contributed by atoms with Crippen LogP contribution in [-0.2, 0) is 0 Å². The molecule has 7 heteroatoms. The number of nitro benzene ring substituents is 1. The number of nitrogens with one attached hydrogen (secondary N) is 1. The monoisotopic (exact) mass is 206 g/mol. The molecule has 0 fully saturated rings. The SMILES string of the molecule is Nc1nc2ccc([N+](=O)[O-])cc2[nH]c1=O. The third-order valence-corrected chi connectivity index (χ3v) is 1.91. The zero-order chi connectivity index (χ0) is 11.0. The van der Waals surface area contributed by atoms with E-state index in [2.05, 4.69) is 9.97 Å². The number of hydrogen-bond donors (Lipinski definition) is 2. The second-order valence-electron chi connectivity index (χ2n) is 2.91. The van der Waals surface area contributed by atoms with Crippen molar-refractivity contribution < 1.29 is 4.92 Å². The van der Waals surface area contributed by atoms with Gasteiger partial charge in [-0.2, -0.15) is 0 Å². The summed E-state index contributed by atoms with van der Waals surface area (Å²) in [4.78, 5) is 27.2. The molecule has 0 radical (unpaired) electrons. The zero-order valence-corrected chi connectivity index (χ0v) is 7.43. The van der Waals surface area contributed by atoms with Crippen molar-refractivity contribution in [3.63, 3.8) is 0 Å². The van der Waals surface area contributed by atoms with Crippen molar-refractivity contribution in [1.82, 2.24) is 9.97 Å². The highest BCUT2D eigenvalue weighted by Gasteiger charge is 2.08. The summed E-state index contributed by atoms with van der Waals surface area (Å²) in [6, 6.07) is 3.97. The van der Waals surface area contributed by atoms with Gasteiger partial charge in [-0.15, -0.1) is 0 Å². The molecule has 0 saturated heterocycles. The van der Waals surface area contributed by atoms with Gasteiger partial charge in [-0.25, -0.2) is 4.98 Å². The van der Waals surface area contributed by atoms with E-state index in [0.29, 0.717) is 11.0 Å². The normalized spacial score (nSPS) is 10.4. The van der Waals surface area contributed by atoms with Crippen molar-refractivity contribution in [3.05, 3.63) is 38.7 Å². The van der Waals surface area contributed by atoms with Crippen molar-refractivity contribution >= 4 is 22.5 Å². The number of nitrogens with two attached hydrogens (primary N) is 1. The molecule has 0 amide bonds. The topological polar surface area (TPSA) is 115 Å². The number of benzene rings is 1. The Bertz CT molecular complexity index is 604. The summed E-state index contributed by atoms with van der Waals surface area (Å²) < 4.78 is 0. The predicted molar refractivity (Wildman–Crippen MR) is 53.4 cm³/mol. The van der Waals surface area contributed by atoms with Crippen LogP contribution in [0.15, 0.2) is 23.0 Å².